The van der Waals surface area contributed by atoms with Gasteiger partial charge in [0.1, 0.15) is 23.3 Å². The summed E-state index contributed by atoms with van der Waals surface area (Å²) < 4.78 is 149. The van der Waals surface area contributed by atoms with E-state index in [9.17, 15) is 26.3 Å². The Morgan fingerprint density at radius 2 is 0.852 bits per heavy atom. The first-order chi connectivity index (χ1) is 25.8. The van der Waals surface area contributed by atoms with Gasteiger partial charge in [-0.2, -0.15) is 0 Å². The largest absolute Gasteiger partial charge is 0.864 e. The average molecular weight is 777 g/mol. The van der Waals surface area contributed by atoms with Crippen molar-refractivity contribution in [1.29, 1.82) is 0 Å². The molecule has 0 saturated heterocycles. The Bertz CT molecular complexity index is 1500. The zero-order chi connectivity index (χ0) is 39.8. The quantitative estimate of drug-likeness (QED) is 0.0282. The monoisotopic (exact) mass is 776 g/mol. The van der Waals surface area contributed by atoms with Gasteiger partial charge in [-0.15, -0.1) is 0 Å². The first kappa shape index (κ1) is 44.8. The second-order valence-corrected chi connectivity index (χ2v) is 13.8. The van der Waals surface area contributed by atoms with Gasteiger partial charge in [0.2, 0.25) is 0 Å². The van der Waals surface area contributed by atoms with Crippen molar-refractivity contribution >= 4 is 7.32 Å². The first-order valence-electron chi connectivity index (χ1n) is 19.1. The van der Waals surface area contributed by atoms with Crippen molar-refractivity contribution in [2.45, 2.75) is 124 Å². The molecule has 0 aromatic heterocycles. The fourth-order valence-corrected chi connectivity index (χ4v) is 6.80. The highest BCUT2D eigenvalue weighted by Crippen LogP contribution is 2.43. The highest BCUT2D eigenvalue weighted by atomic mass is 19.2. The number of quaternary nitrogens is 1. The van der Waals surface area contributed by atoms with Gasteiger partial charge < -0.3 is 18.4 Å². The lowest BCUT2D eigenvalue weighted by atomic mass is 9.92. The maximum absolute atomic E-state index is 16.5. The number of hydrogen-bond donors (Lipinski definition) is 0. The minimum atomic E-state index is -2.33. The Morgan fingerprint density at radius 1 is 0.463 bits per heavy atom. The number of unbranched alkanes of at least 4 members (excludes halogenated alkanes) is 9. The van der Waals surface area contributed by atoms with Crippen LogP contribution in [0.5, 0.6) is 17.2 Å². The minimum Gasteiger partial charge on any atom is -0.489 e. The fourth-order valence-electron chi connectivity index (χ4n) is 6.80. The van der Waals surface area contributed by atoms with Crippen LogP contribution in [0.1, 0.15) is 129 Å². The van der Waals surface area contributed by atoms with Gasteiger partial charge in [0.05, 0.1) is 25.2 Å². The summed E-state index contributed by atoms with van der Waals surface area (Å²) in [6, 6.07) is 1.49. The fraction of sp³-hybridized carbons (Fsp3) is 0.550. The topological polar surface area (TPSA) is 27.7 Å². The molecule has 3 aromatic rings. The van der Waals surface area contributed by atoms with E-state index in [2.05, 4.69) is 6.92 Å². The Morgan fingerprint density at radius 3 is 1.28 bits per heavy atom. The molecule has 0 radical (unpaired) electrons. The molecule has 300 valence electrons. The minimum absolute atomic E-state index is 0.326. The summed E-state index contributed by atoms with van der Waals surface area (Å²) in [5, 5.41) is 0. The van der Waals surface area contributed by atoms with Crippen LogP contribution in [0.25, 0.3) is 0 Å². The lowest BCUT2D eigenvalue weighted by Crippen LogP contribution is -2.53. The highest BCUT2D eigenvalue weighted by Gasteiger charge is 2.43. The molecule has 3 aromatic carbocycles. The van der Waals surface area contributed by atoms with Crippen LogP contribution in [0.3, 0.4) is 0 Å². The van der Waals surface area contributed by atoms with Gasteiger partial charge in [-0.1, -0.05) is 85.5 Å². The molecular formula is C40H52BF9NO3+. The second-order valence-electron chi connectivity index (χ2n) is 13.8. The van der Waals surface area contributed by atoms with Crippen LogP contribution < -0.4 is 14.0 Å². The van der Waals surface area contributed by atoms with E-state index >= 15 is 13.2 Å². The molecule has 3 rings (SSSR count). The molecule has 1 unspecified atom stereocenters. The summed E-state index contributed by atoms with van der Waals surface area (Å²) in [6.45, 7) is 9.96. The van der Waals surface area contributed by atoms with Gasteiger partial charge in [0.15, 0.2) is 52.4 Å². The van der Waals surface area contributed by atoms with Crippen LogP contribution in [0, 0.1) is 52.4 Å². The Kier molecular flexibility index (Phi) is 18.4. The van der Waals surface area contributed by atoms with Crippen molar-refractivity contribution in [2.75, 3.05) is 19.6 Å². The van der Waals surface area contributed by atoms with Crippen LogP contribution in [-0.2, 0) is 0 Å². The predicted molar refractivity (Wildman–Crippen MR) is 192 cm³/mol. The van der Waals surface area contributed by atoms with Gasteiger partial charge in [-0.05, 0) is 25.7 Å². The zero-order valence-corrected chi connectivity index (χ0v) is 31.6. The summed E-state index contributed by atoms with van der Waals surface area (Å²) in [6.07, 6.45) is 11.7. The SMILES string of the molecule is CCCCCCCCCC(c1c(OB(Oc2cc(F)c(F)c(F)c2)Oc2cc(F)c(F)c(F)c2)cc(F)c(F)c1F)[N+](CCCC)(CCCC)CCCC. The number of halogens is 9. The highest BCUT2D eigenvalue weighted by molar-refractivity contribution is 6.39. The maximum Gasteiger partial charge on any atom is 0.864 e. The molecule has 0 fully saturated rings. The van der Waals surface area contributed by atoms with Crippen molar-refractivity contribution in [3.8, 4) is 17.2 Å². The van der Waals surface area contributed by atoms with Crippen molar-refractivity contribution in [1.82, 2.24) is 0 Å². The second kappa shape index (κ2) is 22.1. The van der Waals surface area contributed by atoms with Crippen LogP contribution in [0.15, 0.2) is 30.3 Å². The average Bonchev–Trinajstić information content (AvgIpc) is 3.13. The lowest BCUT2D eigenvalue weighted by molar-refractivity contribution is -0.958. The third-order valence-corrected chi connectivity index (χ3v) is 9.71. The zero-order valence-electron chi connectivity index (χ0n) is 31.6. The van der Waals surface area contributed by atoms with E-state index in [0.29, 0.717) is 67.3 Å². The summed E-state index contributed by atoms with van der Waals surface area (Å²) in [7, 11) is -2.33. The summed E-state index contributed by atoms with van der Waals surface area (Å²) in [5.41, 5.74) is -0.326. The number of rotatable bonds is 25. The molecule has 0 aliphatic carbocycles. The summed E-state index contributed by atoms with van der Waals surface area (Å²) in [4.78, 5) is 0. The molecule has 54 heavy (non-hydrogen) atoms. The number of nitrogens with zero attached hydrogens (tertiary/aromatic N) is 1. The van der Waals surface area contributed by atoms with E-state index in [1.807, 2.05) is 20.8 Å². The summed E-state index contributed by atoms with van der Waals surface area (Å²) >= 11 is 0. The number of benzene rings is 3. The predicted octanol–water partition coefficient (Wildman–Crippen LogP) is 12.9. The van der Waals surface area contributed by atoms with E-state index < -0.39 is 83.0 Å². The van der Waals surface area contributed by atoms with Gasteiger partial charge >= 0.3 is 7.32 Å². The molecule has 1 atom stereocenters. The molecule has 14 heteroatoms. The van der Waals surface area contributed by atoms with Crippen molar-refractivity contribution in [3.05, 3.63) is 88.3 Å². The lowest BCUT2D eigenvalue weighted by Gasteiger charge is -2.46. The third kappa shape index (κ3) is 12.2. The van der Waals surface area contributed by atoms with E-state index in [1.54, 1.807) is 0 Å². The maximum atomic E-state index is 16.5. The smallest absolute Gasteiger partial charge is 0.489 e. The molecule has 0 aliphatic heterocycles. The molecule has 0 bridgehead atoms. The van der Waals surface area contributed by atoms with Gasteiger partial charge in [0.25, 0.3) is 0 Å². The van der Waals surface area contributed by atoms with E-state index in [-0.39, 0.29) is 5.56 Å². The summed E-state index contributed by atoms with van der Waals surface area (Å²) in [5.74, 6) is -17.4. The standard InChI is InChI=1S/C40H52BF9NO3/c1-5-9-13-14-15-16-17-18-34(51(19-10-6-2,20-11-7-3)21-12-8-4)36-35(26-33(46)39(49)40(36)50)54-41(52-27-22-29(42)37(47)30(43)23-27)53-28-24-31(44)38(48)32(45)25-28/h22-26,34H,5-21H2,1-4H3/q+1. The van der Waals surface area contributed by atoms with Crippen LogP contribution in [0.4, 0.5) is 39.5 Å². The van der Waals surface area contributed by atoms with E-state index in [4.69, 9.17) is 14.0 Å². The van der Waals surface area contributed by atoms with Gasteiger partial charge in [-0.3, -0.25) is 0 Å². The third-order valence-electron chi connectivity index (χ3n) is 9.71. The van der Waals surface area contributed by atoms with Crippen molar-refractivity contribution < 1.29 is 58.0 Å². The van der Waals surface area contributed by atoms with E-state index in [1.165, 1.54) is 0 Å². The Hall–Kier alpha value is -3.55. The first-order valence-corrected chi connectivity index (χ1v) is 19.1. The van der Waals surface area contributed by atoms with Crippen molar-refractivity contribution in [3.63, 3.8) is 0 Å². The van der Waals surface area contributed by atoms with Crippen LogP contribution in [-0.4, -0.2) is 31.4 Å². The number of hydrogen-bond acceptors (Lipinski definition) is 3. The molecule has 0 amide bonds. The molecule has 0 heterocycles. The molecular weight excluding hydrogens is 724 g/mol. The molecule has 0 aliphatic rings. The van der Waals surface area contributed by atoms with Crippen LogP contribution in [0.2, 0.25) is 0 Å². The van der Waals surface area contributed by atoms with Crippen molar-refractivity contribution in [2.24, 2.45) is 0 Å². The Labute approximate surface area is 313 Å². The molecule has 0 spiro atoms. The molecule has 0 N–H and O–H groups in total. The normalized spacial score (nSPS) is 12.2. The van der Waals surface area contributed by atoms with Gasteiger partial charge in [-0.25, -0.2) is 39.5 Å². The van der Waals surface area contributed by atoms with Gasteiger partial charge in [0, 0.05) is 36.8 Å². The Balaban J connectivity index is 2.23. The van der Waals surface area contributed by atoms with Crippen LogP contribution >= 0.6 is 0 Å². The molecule has 4 nitrogen and oxygen atoms in total. The molecule has 0 saturated carbocycles. The van der Waals surface area contributed by atoms with E-state index in [0.717, 1.165) is 77.0 Å².